The topological polar surface area (TPSA) is 39.7 Å². The van der Waals surface area contributed by atoms with Gasteiger partial charge in [-0.15, -0.1) is 0 Å². The van der Waals surface area contributed by atoms with E-state index in [1.165, 1.54) is 19.3 Å². The van der Waals surface area contributed by atoms with Crippen LogP contribution in [-0.2, 0) is 14.2 Å². The molecule has 94 valence electrons. The van der Waals surface area contributed by atoms with E-state index in [2.05, 4.69) is 5.32 Å². The molecule has 16 heavy (non-hydrogen) atoms. The summed E-state index contributed by atoms with van der Waals surface area (Å²) >= 11 is 0. The SMILES string of the molecule is C1COCC(NCCOCC2CCCO2)C1. The zero-order valence-electron chi connectivity index (χ0n) is 9.95. The quantitative estimate of drug-likeness (QED) is 0.688. The summed E-state index contributed by atoms with van der Waals surface area (Å²) in [5.41, 5.74) is 0. The van der Waals surface area contributed by atoms with Gasteiger partial charge in [-0.1, -0.05) is 0 Å². The maximum Gasteiger partial charge on any atom is 0.0809 e. The van der Waals surface area contributed by atoms with Crippen LogP contribution in [0.1, 0.15) is 25.7 Å². The van der Waals surface area contributed by atoms with Crippen LogP contribution in [0.2, 0.25) is 0 Å². The van der Waals surface area contributed by atoms with Crippen molar-refractivity contribution in [2.75, 3.05) is 39.6 Å². The van der Waals surface area contributed by atoms with Crippen LogP contribution in [0.15, 0.2) is 0 Å². The lowest BCUT2D eigenvalue weighted by Crippen LogP contribution is -2.38. The molecule has 0 aromatic rings. The molecule has 2 aliphatic heterocycles. The van der Waals surface area contributed by atoms with Crippen molar-refractivity contribution >= 4 is 0 Å². The van der Waals surface area contributed by atoms with E-state index in [-0.39, 0.29) is 0 Å². The van der Waals surface area contributed by atoms with Gasteiger partial charge in [-0.3, -0.25) is 0 Å². The maximum absolute atomic E-state index is 5.58. The molecule has 0 aromatic heterocycles. The summed E-state index contributed by atoms with van der Waals surface area (Å²) in [6.07, 6.45) is 5.09. The summed E-state index contributed by atoms with van der Waals surface area (Å²) in [7, 11) is 0. The first-order valence-corrected chi connectivity index (χ1v) is 6.45. The van der Waals surface area contributed by atoms with Crippen molar-refractivity contribution < 1.29 is 14.2 Å². The molecule has 0 aliphatic carbocycles. The van der Waals surface area contributed by atoms with Gasteiger partial charge in [0.25, 0.3) is 0 Å². The molecule has 2 rings (SSSR count). The normalized spacial score (nSPS) is 30.8. The molecule has 0 aromatic carbocycles. The second-order valence-electron chi connectivity index (χ2n) is 4.58. The second-order valence-corrected chi connectivity index (χ2v) is 4.58. The lowest BCUT2D eigenvalue weighted by Gasteiger charge is -2.23. The van der Waals surface area contributed by atoms with Crippen molar-refractivity contribution in [1.82, 2.24) is 5.32 Å². The van der Waals surface area contributed by atoms with Crippen LogP contribution in [0.4, 0.5) is 0 Å². The Labute approximate surface area is 97.6 Å². The van der Waals surface area contributed by atoms with Crippen LogP contribution in [-0.4, -0.2) is 51.7 Å². The second kappa shape index (κ2) is 7.22. The van der Waals surface area contributed by atoms with Gasteiger partial charge in [-0.25, -0.2) is 0 Å². The van der Waals surface area contributed by atoms with E-state index in [4.69, 9.17) is 14.2 Å². The molecule has 0 spiro atoms. The van der Waals surface area contributed by atoms with Gasteiger partial charge in [0.15, 0.2) is 0 Å². The minimum absolute atomic E-state index is 0.345. The first-order valence-electron chi connectivity index (χ1n) is 6.45. The minimum atomic E-state index is 0.345. The van der Waals surface area contributed by atoms with Gasteiger partial charge < -0.3 is 19.5 Å². The third-order valence-electron chi connectivity index (χ3n) is 3.17. The monoisotopic (exact) mass is 229 g/mol. The van der Waals surface area contributed by atoms with Crippen LogP contribution in [0.3, 0.4) is 0 Å². The fraction of sp³-hybridized carbons (Fsp3) is 1.00. The Bertz CT molecular complexity index is 177. The highest BCUT2D eigenvalue weighted by molar-refractivity contribution is 4.69. The molecule has 2 heterocycles. The summed E-state index contributed by atoms with van der Waals surface area (Å²) < 4.78 is 16.5. The molecule has 1 N–H and O–H groups in total. The Hall–Kier alpha value is -0.160. The molecular formula is C12H23NO3. The molecule has 0 radical (unpaired) electrons. The Balaban J connectivity index is 1.42. The lowest BCUT2D eigenvalue weighted by molar-refractivity contribution is 0.0152. The van der Waals surface area contributed by atoms with Gasteiger partial charge in [0.05, 0.1) is 25.9 Å². The van der Waals surface area contributed by atoms with E-state index in [1.807, 2.05) is 0 Å². The van der Waals surface area contributed by atoms with E-state index >= 15 is 0 Å². The largest absolute Gasteiger partial charge is 0.380 e. The third kappa shape index (κ3) is 4.37. The predicted octanol–water partition coefficient (Wildman–Crippen LogP) is 0.951. The van der Waals surface area contributed by atoms with Gasteiger partial charge in [0.1, 0.15) is 0 Å². The van der Waals surface area contributed by atoms with Gasteiger partial charge in [0.2, 0.25) is 0 Å². The first kappa shape index (κ1) is 12.3. The van der Waals surface area contributed by atoms with E-state index in [0.29, 0.717) is 12.1 Å². The molecule has 2 atom stereocenters. The van der Waals surface area contributed by atoms with Gasteiger partial charge in [-0.2, -0.15) is 0 Å². The van der Waals surface area contributed by atoms with Crippen LogP contribution in [0.5, 0.6) is 0 Å². The summed E-state index contributed by atoms with van der Waals surface area (Å²) in [5.74, 6) is 0. The fourth-order valence-electron chi connectivity index (χ4n) is 2.23. The Kier molecular flexibility index (Phi) is 5.55. The van der Waals surface area contributed by atoms with Crippen molar-refractivity contribution in [1.29, 1.82) is 0 Å². The molecule has 0 amide bonds. The highest BCUT2D eigenvalue weighted by atomic mass is 16.5. The van der Waals surface area contributed by atoms with Crippen molar-refractivity contribution in [3.63, 3.8) is 0 Å². The van der Waals surface area contributed by atoms with Crippen LogP contribution < -0.4 is 5.32 Å². The molecule has 0 bridgehead atoms. The molecule has 2 fully saturated rings. The van der Waals surface area contributed by atoms with Crippen molar-refractivity contribution in [2.45, 2.75) is 37.8 Å². The number of hydrogen-bond acceptors (Lipinski definition) is 4. The summed E-state index contributed by atoms with van der Waals surface area (Å²) in [5, 5.41) is 3.46. The van der Waals surface area contributed by atoms with Crippen molar-refractivity contribution in [3.05, 3.63) is 0 Å². The smallest absolute Gasteiger partial charge is 0.0809 e. The summed E-state index contributed by atoms with van der Waals surface area (Å²) in [6, 6.07) is 0.528. The van der Waals surface area contributed by atoms with E-state index in [1.54, 1.807) is 0 Å². The zero-order chi connectivity index (χ0) is 11.1. The minimum Gasteiger partial charge on any atom is -0.380 e. The van der Waals surface area contributed by atoms with E-state index in [9.17, 15) is 0 Å². The Morgan fingerprint density at radius 3 is 2.88 bits per heavy atom. The van der Waals surface area contributed by atoms with Crippen LogP contribution >= 0.6 is 0 Å². The molecule has 2 saturated heterocycles. The highest BCUT2D eigenvalue weighted by Crippen LogP contribution is 2.11. The predicted molar refractivity (Wildman–Crippen MR) is 61.6 cm³/mol. The van der Waals surface area contributed by atoms with Crippen molar-refractivity contribution in [3.8, 4) is 0 Å². The van der Waals surface area contributed by atoms with E-state index in [0.717, 1.165) is 46.0 Å². The van der Waals surface area contributed by atoms with Crippen molar-refractivity contribution in [2.24, 2.45) is 0 Å². The number of nitrogens with one attached hydrogen (secondary N) is 1. The number of ether oxygens (including phenoxy) is 3. The average molecular weight is 229 g/mol. The van der Waals surface area contributed by atoms with Gasteiger partial charge >= 0.3 is 0 Å². The standard InChI is InChI=1S/C12H23NO3/c1-3-11(9-14-6-1)13-5-8-15-10-12-4-2-7-16-12/h11-13H,1-10H2. The lowest BCUT2D eigenvalue weighted by atomic mass is 10.1. The molecule has 4 heteroatoms. The van der Waals surface area contributed by atoms with Crippen LogP contribution in [0.25, 0.3) is 0 Å². The van der Waals surface area contributed by atoms with E-state index < -0.39 is 0 Å². The zero-order valence-corrected chi connectivity index (χ0v) is 9.95. The molecule has 0 saturated carbocycles. The summed E-state index contributed by atoms with van der Waals surface area (Å²) in [4.78, 5) is 0. The van der Waals surface area contributed by atoms with Gasteiger partial charge in [-0.05, 0) is 25.7 Å². The average Bonchev–Trinajstić information content (AvgIpc) is 2.83. The number of hydrogen-bond donors (Lipinski definition) is 1. The molecule has 4 nitrogen and oxygen atoms in total. The summed E-state index contributed by atoms with van der Waals surface area (Å²) in [6.45, 7) is 5.13. The first-order chi connectivity index (χ1) is 7.95. The Morgan fingerprint density at radius 2 is 2.12 bits per heavy atom. The van der Waals surface area contributed by atoms with Gasteiger partial charge in [0, 0.05) is 25.8 Å². The highest BCUT2D eigenvalue weighted by Gasteiger charge is 2.15. The third-order valence-corrected chi connectivity index (χ3v) is 3.17. The molecular weight excluding hydrogens is 206 g/mol. The van der Waals surface area contributed by atoms with Crippen LogP contribution in [0, 0.1) is 0 Å². The fourth-order valence-corrected chi connectivity index (χ4v) is 2.23. The number of rotatable bonds is 6. The molecule has 2 unspecified atom stereocenters. The Morgan fingerprint density at radius 1 is 1.19 bits per heavy atom. The molecule has 2 aliphatic rings. The maximum atomic E-state index is 5.58.